The monoisotopic (exact) mass is 142 g/mol. The molecular weight excluding hydrogens is 132 g/mol. The van der Waals surface area contributed by atoms with Gasteiger partial charge in [0.25, 0.3) is 0 Å². The lowest BCUT2D eigenvalue weighted by molar-refractivity contribution is -0.136. The predicted molar refractivity (Wildman–Crippen MR) is 36.7 cm³/mol. The zero-order valence-corrected chi connectivity index (χ0v) is 6.05. The van der Waals surface area contributed by atoms with Crippen molar-refractivity contribution in [2.24, 2.45) is 0 Å². The van der Waals surface area contributed by atoms with Crippen molar-refractivity contribution in [2.45, 2.75) is 20.3 Å². The molecule has 0 aromatic carbocycles. The van der Waals surface area contributed by atoms with E-state index in [0.717, 1.165) is 0 Å². The van der Waals surface area contributed by atoms with Crippen molar-refractivity contribution in [3.8, 4) is 0 Å². The van der Waals surface area contributed by atoms with Crippen LogP contribution in [0, 0.1) is 0 Å². The molecule has 0 heterocycles. The third-order valence-electron chi connectivity index (χ3n) is 0.880. The van der Waals surface area contributed by atoms with Crippen molar-refractivity contribution in [1.29, 1.82) is 0 Å². The molecule has 3 nitrogen and oxygen atoms in total. The van der Waals surface area contributed by atoms with E-state index in [9.17, 15) is 9.59 Å². The van der Waals surface area contributed by atoms with Crippen LogP contribution in [-0.4, -0.2) is 16.9 Å². The summed E-state index contributed by atoms with van der Waals surface area (Å²) >= 11 is 0. The SMILES string of the molecule is CC(=O)/C=C(\C)CC(=O)O. The van der Waals surface area contributed by atoms with E-state index in [1.165, 1.54) is 13.0 Å². The first-order valence-corrected chi connectivity index (χ1v) is 2.92. The van der Waals surface area contributed by atoms with Crippen LogP contribution in [0.3, 0.4) is 0 Å². The molecule has 0 fully saturated rings. The van der Waals surface area contributed by atoms with Crippen molar-refractivity contribution in [1.82, 2.24) is 0 Å². The fourth-order valence-electron chi connectivity index (χ4n) is 0.637. The fraction of sp³-hybridized carbons (Fsp3) is 0.429. The lowest BCUT2D eigenvalue weighted by Crippen LogP contribution is -1.96. The van der Waals surface area contributed by atoms with Gasteiger partial charge in [-0.2, -0.15) is 0 Å². The van der Waals surface area contributed by atoms with Gasteiger partial charge in [0.05, 0.1) is 6.42 Å². The molecule has 0 unspecified atom stereocenters. The second kappa shape index (κ2) is 3.82. The summed E-state index contributed by atoms with van der Waals surface area (Å²) in [7, 11) is 0. The molecule has 0 spiro atoms. The van der Waals surface area contributed by atoms with Crippen molar-refractivity contribution in [3.63, 3.8) is 0 Å². The highest BCUT2D eigenvalue weighted by Gasteiger charge is 1.98. The molecule has 0 aliphatic carbocycles. The molecule has 10 heavy (non-hydrogen) atoms. The summed E-state index contributed by atoms with van der Waals surface area (Å²) in [6.07, 6.45) is 1.27. The highest BCUT2D eigenvalue weighted by atomic mass is 16.4. The predicted octanol–water partition coefficient (Wildman–Crippen LogP) is 0.996. The Morgan fingerprint density at radius 2 is 1.90 bits per heavy atom. The number of carbonyl (C=O) groups is 2. The zero-order valence-electron chi connectivity index (χ0n) is 6.05. The highest BCUT2D eigenvalue weighted by Crippen LogP contribution is 1.98. The number of hydrogen-bond donors (Lipinski definition) is 1. The van der Waals surface area contributed by atoms with E-state index in [0.29, 0.717) is 5.57 Å². The maximum Gasteiger partial charge on any atom is 0.307 e. The first-order valence-electron chi connectivity index (χ1n) is 2.92. The second-order valence-corrected chi connectivity index (χ2v) is 2.17. The van der Waals surface area contributed by atoms with Crippen molar-refractivity contribution in [2.75, 3.05) is 0 Å². The van der Waals surface area contributed by atoms with Gasteiger partial charge in [-0.1, -0.05) is 5.57 Å². The molecule has 0 amide bonds. The minimum Gasteiger partial charge on any atom is -0.481 e. The normalized spacial score (nSPS) is 11.2. The van der Waals surface area contributed by atoms with Crippen LogP contribution in [0.1, 0.15) is 20.3 Å². The van der Waals surface area contributed by atoms with Crippen LogP contribution < -0.4 is 0 Å². The van der Waals surface area contributed by atoms with Gasteiger partial charge < -0.3 is 5.11 Å². The Morgan fingerprint density at radius 1 is 1.40 bits per heavy atom. The number of carboxylic acid groups (broad SMARTS) is 1. The van der Waals surface area contributed by atoms with E-state index in [4.69, 9.17) is 5.11 Å². The Bertz CT molecular complexity index is 179. The summed E-state index contributed by atoms with van der Waals surface area (Å²) in [5, 5.41) is 8.24. The van der Waals surface area contributed by atoms with Crippen LogP contribution >= 0.6 is 0 Å². The van der Waals surface area contributed by atoms with Gasteiger partial charge in [0.15, 0.2) is 5.78 Å². The van der Waals surface area contributed by atoms with E-state index in [2.05, 4.69) is 0 Å². The number of hydrogen-bond acceptors (Lipinski definition) is 2. The molecular formula is C7H10O3. The number of ketones is 1. The molecule has 0 saturated carbocycles. The Morgan fingerprint density at radius 3 is 2.20 bits per heavy atom. The summed E-state index contributed by atoms with van der Waals surface area (Å²) in [6, 6.07) is 0. The van der Waals surface area contributed by atoms with Crippen molar-refractivity contribution >= 4 is 11.8 Å². The number of rotatable bonds is 3. The first kappa shape index (κ1) is 8.88. The van der Waals surface area contributed by atoms with Gasteiger partial charge in [-0.05, 0) is 19.9 Å². The third-order valence-corrected chi connectivity index (χ3v) is 0.880. The van der Waals surface area contributed by atoms with Gasteiger partial charge in [-0.15, -0.1) is 0 Å². The maximum absolute atomic E-state index is 10.4. The summed E-state index contributed by atoms with van der Waals surface area (Å²) in [5.74, 6) is -1.02. The summed E-state index contributed by atoms with van der Waals surface area (Å²) in [6.45, 7) is 3.01. The molecule has 0 aromatic rings. The zero-order chi connectivity index (χ0) is 8.15. The molecule has 0 aliphatic heterocycles. The van der Waals surface area contributed by atoms with Crippen LogP contribution in [0.4, 0.5) is 0 Å². The minimum absolute atomic E-state index is 0.0560. The average molecular weight is 142 g/mol. The molecule has 0 atom stereocenters. The largest absolute Gasteiger partial charge is 0.481 e. The molecule has 56 valence electrons. The van der Waals surface area contributed by atoms with E-state index in [1.54, 1.807) is 6.92 Å². The van der Waals surface area contributed by atoms with E-state index >= 15 is 0 Å². The quantitative estimate of drug-likeness (QED) is 0.598. The summed E-state index contributed by atoms with van der Waals surface area (Å²) in [4.78, 5) is 20.4. The van der Waals surface area contributed by atoms with Gasteiger partial charge >= 0.3 is 5.97 Å². The highest BCUT2D eigenvalue weighted by molar-refractivity contribution is 5.88. The second-order valence-electron chi connectivity index (χ2n) is 2.17. The van der Waals surface area contributed by atoms with Crippen LogP contribution in [0.5, 0.6) is 0 Å². The van der Waals surface area contributed by atoms with Gasteiger partial charge in [-0.25, -0.2) is 0 Å². The molecule has 0 rings (SSSR count). The topological polar surface area (TPSA) is 54.4 Å². The Hall–Kier alpha value is -1.12. The molecule has 0 radical (unpaired) electrons. The first-order chi connectivity index (χ1) is 4.52. The Kier molecular flexibility index (Phi) is 3.39. The number of carbonyl (C=O) groups excluding carboxylic acids is 1. The third kappa shape index (κ3) is 5.03. The van der Waals surface area contributed by atoms with Crippen LogP contribution in [-0.2, 0) is 9.59 Å². The molecule has 0 aromatic heterocycles. The van der Waals surface area contributed by atoms with Crippen LogP contribution in [0.15, 0.2) is 11.6 Å². The van der Waals surface area contributed by atoms with E-state index in [1.807, 2.05) is 0 Å². The van der Waals surface area contributed by atoms with E-state index in [-0.39, 0.29) is 12.2 Å². The Labute approximate surface area is 59.4 Å². The Balaban J connectivity index is 3.95. The minimum atomic E-state index is -0.907. The van der Waals surface area contributed by atoms with Crippen molar-refractivity contribution in [3.05, 3.63) is 11.6 Å². The molecule has 1 N–H and O–H groups in total. The summed E-state index contributed by atoms with van der Waals surface area (Å²) < 4.78 is 0. The molecule has 3 heteroatoms. The number of aliphatic carboxylic acids is 1. The van der Waals surface area contributed by atoms with Gasteiger partial charge in [-0.3, -0.25) is 9.59 Å². The number of allylic oxidation sites excluding steroid dienone is 1. The van der Waals surface area contributed by atoms with Crippen LogP contribution in [0.2, 0.25) is 0 Å². The maximum atomic E-state index is 10.4. The molecule has 0 bridgehead atoms. The average Bonchev–Trinajstić information content (AvgIpc) is 1.58. The van der Waals surface area contributed by atoms with Crippen LogP contribution in [0.25, 0.3) is 0 Å². The van der Waals surface area contributed by atoms with Gasteiger partial charge in [0.2, 0.25) is 0 Å². The summed E-state index contributed by atoms with van der Waals surface area (Å²) in [5.41, 5.74) is 0.583. The van der Waals surface area contributed by atoms with Crippen molar-refractivity contribution < 1.29 is 14.7 Å². The molecule has 0 aliphatic rings. The van der Waals surface area contributed by atoms with E-state index < -0.39 is 5.97 Å². The fourth-order valence-corrected chi connectivity index (χ4v) is 0.637. The van der Waals surface area contributed by atoms with Gasteiger partial charge in [0, 0.05) is 0 Å². The van der Waals surface area contributed by atoms with Gasteiger partial charge in [0.1, 0.15) is 0 Å². The smallest absolute Gasteiger partial charge is 0.307 e. The number of carboxylic acids is 1. The lowest BCUT2D eigenvalue weighted by Gasteiger charge is -1.91. The standard InChI is InChI=1S/C7H10O3/c1-5(3-6(2)8)4-7(9)10/h3H,4H2,1-2H3,(H,9,10)/b5-3+. The molecule has 0 saturated heterocycles. The lowest BCUT2D eigenvalue weighted by atomic mass is 10.2.